The number of thiocarbonyl (C=S) groups is 1. The summed E-state index contributed by atoms with van der Waals surface area (Å²) in [5.74, 6) is -0.989. The first-order valence-corrected chi connectivity index (χ1v) is 8.05. The standard InChI is InChI=1S/C13H13NO3S3/c1-8-4-5-9(19-8)7-10-12(17)14(13(18)20-10)6-2-3-11(15)16/h4-5,7H,2-3,6H2,1H3,(H,15,16). The van der Waals surface area contributed by atoms with Crippen LogP contribution in [-0.2, 0) is 9.59 Å². The van der Waals surface area contributed by atoms with Gasteiger partial charge in [0.15, 0.2) is 0 Å². The second-order valence-corrected chi connectivity index (χ2v) is 7.27. The molecule has 0 saturated carbocycles. The number of aryl methyl sites for hydroxylation is 1. The number of thiophene rings is 1. The van der Waals surface area contributed by atoms with Crippen molar-refractivity contribution in [2.45, 2.75) is 19.8 Å². The SMILES string of the molecule is Cc1ccc(C=C2SC(=S)N(CCCC(=O)O)C2=O)s1. The number of nitrogens with zero attached hydrogens (tertiary/aromatic N) is 1. The van der Waals surface area contributed by atoms with E-state index in [1.165, 1.54) is 21.5 Å². The highest BCUT2D eigenvalue weighted by molar-refractivity contribution is 8.26. The largest absolute Gasteiger partial charge is 0.481 e. The van der Waals surface area contributed by atoms with Gasteiger partial charge in [0, 0.05) is 22.7 Å². The molecule has 0 aromatic carbocycles. The van der Waals surface area contributed by atoms with Gasteiger partial charge in [0.05, 0.1) is 4.91 Å². The number of aliphatic carboxylic acids is 1. The predicted molar refractivity (Wildman–Crippen MR) is 85.8 cm³/mol. The second kappa shape index (κ2) is 6.51. The predicted octanol–water partition coefficient (Wildman–Crippen LogP) is 3.12. The summed E-state index contributed by atoms with van der Waals surface area (Å²) in [5, 5.41) is 8.62. The summed E-state index contributed by atoms with van der Waals surface area (Å²) in [6, 6.07) is 3.97. The normalized spacial score (nSPS) is 17.2. The van der Waals surface area contributed by atoms with Crippen molar-refractivity contribution in [3.63, 3.8) is 0 Å². The van der Waals surface area contributed by atoms with E-state index in [2.05, 4.69) is 0 Å². The minimum absolute atomic E-state index is 0.0419. The molecule has 106 valence electrons. The summed E-state index contributed by atoms with van der Waals surface area (Å²) in [6.07, 6.45) is 2.29. The summed E-state index contributed by atoms with van der Waals surface area (Å²) < 4.78 is 0.500. The van der Waals surface area contributed by atoms with Crippen LogP contribution >= 0.6 is 35.3 Å². The highest BCUT2D eigenvalue weighted by Crippen LogP contribution is 2.33. The third kappa shape index (κ3) is 3.68. The molecule has 1 aromatic heterocycles. The highest BCUT2D eigenvalue weighted by atomic mass is 32.2. The molecular weight excluding hydrogens is 314 g/mol. The number of carbonyl (C=O) groups is 2. The van der Waals surface area contributed by atoms with Gasteiger partial charge in [-0.1, -0.05) is 24.0 Å². The minimum atomic E-state index is -0.861. The van der Waals surface area contributed by atoms with Gasteiger partial charge >= 0.3 is 5.97 Å². The Hall–Kier alpha value is -1.18. The summed E-state index contributed by atoms with van der Waals surface area (Å²) in [7, 11) is 0. The van der Waals surface area contributed by atoms with Gasteiger partial charge in [-0.15, -0.1) is 11.3 Å². The summed E-state index contributed by atoms with van der Waals surface area (Å²) in [4.78, 5) is 27.0. The van der Waals surface area contributed by atoms with E-state index < -0.39 is 5.97 Å². The fourth-order valence-electron chi connectivity index (χ4n) is 1.74. The molecule has 1 aliphatic heterocycles. The van der Waals surface area contributed by atoms with E-state index in [4.69, 9.17) is 17.3 Å². The first-order valence-electron chi connectivity index (χ1n) is 6.01. The summed E-state index contributed by atoms with van der Waals surface area (Å²) in [5.41, 5.74) is 0. The lowest BCUT2D eigenvalue weighted by Gasteiger charge is -2.13. The molecule has 0 aliphatic carbocycles. The average Bonchev–Trinajstić information content (AvgIpc) is 2.88. The Morgan fingerprint density at radius 3 is 2.85 bits per heavy atom. The molecule has 20 heavy (non-hydrogen) atoms. The third-order valence-electron chi connectivity index (χ3n) is 2.68. The van der Waals surface area contributed by atoms with Crippen LogP contribution in [0.2, 0.25) is 0 Å². The maximum Gasteiger partial charge on any atom is 0.303 e. The number of carboxylic acid groups (broad SMARTS) is 1. The third-order valence-corrected chi connectivity index (χ3v) is 5.01. The molecule has 0 atom stereocenters. The van der Waals surface area contributed by atoms with Crippen molar-refractivity contribution in [1.29, 1.82) is 0 Å². The smallest absolute Gasteiger partial charge is 0.303 e. The zero-order valence-corrected chi connectivity index (χ0v) is 13.2. The number of carboxylic acids is 1. The quantitative estimate of drug-likeness (QED) is 0.665. The fraction of sp³-hybridized carbons (Fsp3) is 0.308. The van der Waals surface area contributed by atoms with Gasteiger partial charge in [-0.3, -0.25) is 14.5 Å². The van der Waals surface area contributed by atoms with Gasteiger partial charge < -0.3 is 5.11 Å². The Balaban J connectivity index is 2.04. The maximum atomic E-state index is 12.2. The fourth-order valence-corrected chi connectivity index (χ4v) is 3.94. The van der Waals surface area contributed by atoms with Crippen LogP contribution in [0, 0.1) is 6.92 Å². The van der Waals surface area contributed by atoms with E-state index in [-0.39, 0.29) is 12.3 Å². The molecule has 2 heterocycles. The van der Waals surface area contributed by atoms with Gasteiger partial charge in [0.25, 0.3) is 5.91 Å². The molecule has 1 N–H and O–H groups in total. The number of rotatable bonds is 5. The number of amides is 1. The number of hydrogen-bond acceptors (Lipinski definition) is 5. The van der Waals surface area contributed by atoms with Gasteiger partial charge in [0.2, 0.25) is 0 Å². The second-order valence-electron chi connectivity index (χ2n) is 4.28. The van der Waals surface area contributed by atoms with Crippen LogP contribution in [0.5, 0.6) is 0 Å². The van der Waals surface area contributed by atoms with Crippen LogP contribution in [0.3, 0.4) is 0 Å². The van der Waals surface area contributed by atoms with Crippen molar-refractivity contribution in [2.24, 2.45) is 0 Å². The van der Waals surface area contributed by atoms with Crippen molar-refractivity contribution in [3.8, 4) is 0 Å². The van der Waals surface area contributed by atoms with Crippen LogP contribution in [0.15, 0.2) is 17.0 Å². The van der Waals surface area contributed by atoms with Crippen LogP contribution in [-0.4, -0.2) is 32.7 Å². The van der Waals surface area contributed by atoms with Crippen LogP contribution in [0.4, 0.5) is 0 Å². The molecule has 0 spiro atoms. The Bertz CT molecular complexity index is 591. The molecule has 0 unspecified atom stereocenters. The van der Waals surface area contributed by atoms with Crippen LogP contribution < -0.4 is 0 Å². The average molecular weight is 327 g/mol. The lowest BCUT2D eigenvalue weighted by atomic mass is 10.3. The zero-order chi connectivity index (χ0) is 14.7. The number of hydrogen-bond donors (Lipinski definition) is 1. The van der Waals surface area contributed by atoms with Gasteiger partial charge in [0.1, 0.15) is 4.32 Å². The van der Waals surface area contributed by atoms with Crippen molar-refractivity contribution >= 4 is 57.6 Å². The number of thioether (sulfide) groups is 1. The van der Waals surface area contributed by atoms with E-state index in [1.807, 2.05) is 25.1 Å². The molecule has 1 amide bonds. The maximum absolute atomic E-state index is 12.2. The van der Waals surface area contributed by atoms with E-state index in [9.17, 15) is 9.59 Å². The zero-order valence-electron chi connectivity index (χ0n) is 10.8. The Labute approximate surface area is 130 Å². The number of carbonyl (C=O) groups excluding carboxylic acids is 1. The molecule has 1 saturated heterocycles. The Morgan fingerprint density at radius 2 is 2.25 bits per heavy atom. The molecule has 0 bridgehead atoms. The van der Waals surface area contributed by atoms with Crippen molar-refractivity contribution < 1.29 is 14.7 Å². The molecule has 1 aromatic rings. The van der Waals surface area contributed by atoms with E-state index in [1.54, 1.807) is 11.3 Å². The monoisotopic (exact) mass is 327 g/mol. The van der Waals surface area contributed by atoms with E-state index in [0.29, 0.717) is 22.2 Å². The highest BCUT2D eigenvalue weighted by Gasteiger charge is 2.31. The summed E-state index contributed by atoms with van der Waals surface area (Å²) in [6.45, 7) is 2.37. The van der Waals surface area contributed by atoms with Gasteiger partial charge in [-0.2, -0.15) is 0 Å². The molecular formula is C13H13NO3S3. The first kappa shape index (κ1) is 15.2. The molecule has 0 radical (unpaired) electrons. The molecule has 1 aliphatic rings. The lowest BCUT2D eigenvalue weighted by molar-refractivity contribution is -0.137. The minimum Gasteiger partial charge on any atom is -0.481 e. The van der Waals surface area contributed by atoms with Gasteiger partial charge in [-0.05, 0) is 31.6 Å². The van der Waals surface area contributed by atoms with Crippen LogP contribution in [0.1, 0.15) is 22.6 Å². The van der Waals surface area contributed by atoms with Crippen LogP contribution in [0.25, 0.3) is 6.08 Å². The molecule has 7 heteroatoms. The van der Waals surface area contributed by atoms with Gasteiger partial charge in [-0.25, -0.2) is 0 Å². The summed E-state index contributed by atoms with van der Waals surface area (Å²) >= 11 is 8.07. The first-order chi connectivity index (χ1) is 9.47. The van der Waals surface area contributed by atoms with E-state index >= 15 is 0 Å². The van der Waals surface area contributed by atoms with Crippen molar-refractivity contribution in [2.75, 3.05) is 6.54 Å². The molecule has 2 rings (SSSR count). The Morgan fingerprint density at radius 1 is 1.50 bits per heavy atom. The molecule has 1 fully saturated rings. The molecule has 4 nitrogen and oxygen atoms in total. The topological polar surface area (TPSA) is 57.6 Å². The van der Waals surface area contributed by atoms with Crippen molar-refractivity contribution in [3.05, 3.63) is 26.8 Å². The Kier molecular flexibility index (Phi) is 4.95. The van der Waals surface area contributed by atoms with Crippen molar-refractivity contribution in [1.82, 2.24) is 4.90 Å². The lowest BCUT2D eigenvalue weighted by Crippen LogP contribution is -2.29. The van der Waals surface area contributed by atoms with E-state index in [0.717, 1.165) is 4.88 Å².